The Morgan fingerprint density at radius 2 is 2.04 bits per heavy atom. The van der Waals surface area contributed by atoms with E-state index in [1.165, 1.54) is 5.56 Å². The van der Waals surface area contributed by atoms with Crippen LogP contribution in [0.15, 0.2) is 36.4 Å². The maximum Gasteiger partial charge on any atom is 0.246 e. The zero-order chi connectivity index (χ0) is 19.4. The van der Waals surface area contributed by atoms with Gasteiger partial charge in [0.1, 0.15) is 0 Å². The maximum absolute atomic E-state index is 13.0. The first kappa shape index (κ1) is 19.4. The minimum Gasteiger partial charge on any atom is -0.379 e. The summed E-state index contributed by atoms with van der Waals surface area (Å²) in [6.45, 7) is 4.76. The monoisotopic (exact) mass is 367 g/mol. The van der Waals surface area contributed by atoms with Crippen LogP contribution >= 0.6 is 0 Å². The second-order valence-corrected chi connectivity index (χ2v) is 7.25. The molecule has 2 atom stereocenters. The topological polar surface area (TPSA) is 47.4 Å². The Morgan fingerprint density at radius 1 is 1.30 bits per heavy atom. The average Bonchev–Trinajstić information content (AvgIpc) is 2.92. The van der Waals surface area contributed by atoms with Crippen LogP contribution in [-0.2, 0) is 23.0 Å². The van der Waals surface area contributed by atoms with Crippen LogP contribution in [-0.4, -0.2) is 46.4 Å². The predicted octanol–water partition coefficient (Wildman–Crippen LogP) is 3.30. The minimum absolute atomic E-state index is 0.0420. The van der Waals surface area contributed by atoms with Crippen LogP contribution in [0.2, 0.25) is 0 Å². The van der Waals surface area contributed by atoms with E-state index in [0.29, 0.717) is 0 Å². The lowest BCUT2D eigenvalue weighted by Gasteiger charge is -2.40. The summed E-state index contributed by atoms with van der Waals surface area (Å²) in [4.78, 5) is 15.0. The minimum atomic E-state index is 0.0420. The maximum atomic E-state index is 13.0. The van der Waals surface area contributed by atoms with Crippen LogP contribution in [0.3, 0.4) is 0 Å². The molecule has 144 valence electrons. The van der Waals surface area contributed by atoms with Crippen LogP contribution in [0.1, 0.15) is 35.4 Å². The van der Waals surface area contributed by atoms with Crippen LogP contribution in [0.4, 0.5) is 0 Å². The van der Waals surface area contributed by atoms with E-state index in [2.05, 4.69) is 17.2 Å². The fourth-order valence-electron chi connectivity index (χ4n) is 3.95. The molecule has 1 aromatic carbocycles. The van der Waals surface area contributed by atoms with Crippen molar-refractivity contribution in [1.82, 2.24) is 14.7 Å². The first-order chi connectivity index (χ1) is 13.0. The van der Waals surface area contributed by atoms with Gasteiger partial charge in [0.05, 0.1) is 17.8 Å². The molecule has 1 amide bonds. The number of likely N-dealkylation sites (tertiary alicyclic amines) is 1. The van der Waals surface area contributed by atoms with Crippen molar-refractivity contribution in [2.45, 2.75) is 45.3 Å². The highest BCUT2D eigenvalue weighted by atomic mass is 16.5. The van der Waals surface area contributed by atoms with Crippen molar-refractivity contribution < 1.29 is 9.53 Å². The summed E-state index contributed by atoms with van der Waals surface area (Å²) in [5, 5.41) is 4.42. The number of benzene rings is 1. The van der Waals surface area contributed by atoms with Crippen molar-refractivity contribution in [1.29, 1.82) is 0 Å². The van der Waals surface area contributed by atoms with Crippen molar-refractivity contribution in [3.63, 3.8) is 0 Å². The van der Waals surface area contributed by atoms with Gasteiger partial charge in [0, 0.05) is 38.0 Å². The van der Waals surface area contributed by atoms with Crippen molar-refractivity contribution in [3.05, 3.63) is 58.9 Å². The standard InChI is InChI=1S/C22H29N3O2/c1-16-19(17(2)24(3)23-16)12-13-22(26)25-14-8-11-21(27-4)20(25)15-18-9-6-5-7-10-18/h5-7,9-10,12-13,20-21H,8,11,14-15H2,1-4H3/t20-,21-/m0/s1. The number of aryl methyl sites for hydroxylation is 2. The van der Waals surface area contributed by atoms with E-state index in [0.717, 1.165) is 42.8 Å². The number of carbonyl (C=O) groups is 1. The molecule has 0 N–H and O–H groups in total. The molecule has 2 aromatic rings. The molecule has 1 aliphatic heterocycles. The predicted molar refractivity (Wildman–Crippen MR) is 107 cm³/mol. The van der Waals surface area contributed by atoms with E-state index in [-0.39, 0.29) is 18.1 Å². The van der Waals surface area contributed by atoms with Gasteiger partial charge >= 0.3 is 0 Å². The van der Waals surface area contributed by atoms with Crippen molar-refractivity contribution in [2.24, 2.45) is 7.05 Å². The number of nitrogens with zero attached hydrogens (tertiary/aromatic N) is 3. The highest BCUT2D eigenvalue weighted by molar-refractivity contribution is 5.92. The summed E-state index contributed by atoms with van der Waals surface area (Å²) in [5.74, 6) is 0.0420. The molecular formula is C22H29N3O2. The molecule has 2 heterocycles. The first-order valence-electron chi connectivity index (χ1n) is 9.57. The molecule has 1 fully saturated rings. The third-order valence-electron chi connectivity index (χ3n) is 5.55. The van der Waals surface area contributed by atoms with E-state index in [1.54, 1.807) is 13.2 Å². The van der Waals surface area contributed by atoms with E-state index in [1.807, 2.05) is 54.8 Å². The molecule has 1 aliphatic rings. The van der Waals surface area contributed by atoms with Gasteiger partial charge in [0.25, 0.3) is 0 Å². The van der Waals surface area contributed by atoms with E-state index in [9.17, 15) is 4.79 Å². The molecule has 0 bridgehead atoms. The molecule has 0 unspecified atom stereocenters. The number of rotatable bonds is 5. The Hall–Kier alpha value is -2.40. The van der Waals surface area contributed by atoms with Crippen LogP contribution in [0.25, 0.3) is 6.08 Å². The number of hydrogen-bond acceptors (Lipinski definition) is 3. The lowest BCUT2D eigenvalue weighted by atomic mass is 9.92. The molecule has 0 spiro atoms. The smallest absolute Gasteiger partial charge is 0.246 e. The van der Waals surface area contributed by atoms with Crippen molar-refractivity contribution in [3.8, 4) is 0 Å². The fourth-order valence-corrected chi connectivity index (χ4v) is 3.95. The lowest BCUT2D eigenvalue weighted by molar-refractivity contribution is -0.134. The molecule has 0 saturated carbocycles. The highest BCUT2D eigenvalue weighted by Gasteiger charge is 2.33. The van der Waals surface area contributed by atoms with Crippen molar-refractivity contribution >= 4 is 12.0 Å². The summed E-state index contributed by atoms with van der Waals surface area (Å²) in [5.41, 5.74) is 4.25. The Balaban J connectivity index is 1.80. The van der Waals surface area contributed by atoms with Gasteiger partial charge in [-0.1, -0.05) is 30.3 Å². The number of piperidine rings is 1. The zero-order valence-corrected chi connectivity index (χ0v) is 16.7. The van der Waals surface area contributed by atoms with Gasteiger partial charge in [-0.05, 0) is 44.7 Å². The summed E-state index contributed by atoms with van der Waals surface area (Å²) in [7, 11) is 3.67. The molecule has 1 saturated heterocycles. The highest BCUT2D eigenvalue weighted by Crippen LogP contribution is 2.24. The van der Waals surface area contributed by atoms with Gasteiger partial charge in [-0.15, -0.1) is 0 Å². The number of hydrogen-bond donors (Lipinski definition) is 0. The summed E-state index contributed by atoms with van der Waals surface area (Å²) < 4.78 is 7.58. The number of methoxy groups -OCH3 is 1. The second-order valence-electron chi connectivity index (χ2n) is 7.25. The molecular weight excluding hydrogens is 338 g/mol. The summed E-state index contributed by atoms with van der Waals surface area (Å²) >= 11 is 0. The summed E-state index contributed by atoms with van der Waals surface area (Å²) in [6.07, 6.45) is 6.42. The molecule has 0 radical (unpaired) electrons. The van der Waals surface area contributed by atoms with Gasteiger partial charge in [-0.3, -0.25) is 9.48 Å². The zero-order valence-electron chi connectivity index (χ0n) is 16.7. The number of aromatic nitrogens is 2. The molecule has 5 nitrogen and oxygen atoms in total. The fraction of sp³-hybridized carbons (Fsp3) is 0.455. The van der Waals surface area contributed by atoms with E-state index < -0.39 is 0 Å². The number of amides is 1. The number of ether oxygens (including phenoxy) is 1. The quantitative estimate of drug-likeness (QED) is 0.762. The Morgan fingerprint density at radius 3 is 2.67 bits per heavy atom. The Kier molecular flexibility index (Phi) is 6.11. The number of carbonyl (C=O) groups excluding carboxylic acids is 1. The summed E-state index contributed by atoms with van der Waals surface area (Å²) in [6, 6.07) is 10.4. The van der Waals surface area contributed by atoms with Gasteiger partial charge < -0.3 is 9.64 Å². The van der Waals surface area contributed by atoms with E-state index in [4.69, 9.17) is 4.74 Å². The molecule has 3 rings (SSSR count). The first-order valence-corrected chi connectivity index (χ1v) is 9.57. The van der Waals surface area contributed by atoms with Crippen LogP contribution in [0, 0.1) is 13.8 Å². The van der Waals surface area contributed by atoms with Gasteiger partial charge in [-0.25, -0.2) is 0 Å². The van der Waals surface area contributed by atoms with Crippen LogP contribution < -0.4 is 0 Å². The molecule has 1 aromatic heterocycles. The van der Waals surface area contributed by atoms with Gasteiger partial charge in [-0.2, -0.15) is 5.10 Å². The normalized spacial score (nSPS) is 20.4. The second kappa shape index (κ2) is 8.53. The molecule has 5 heteroatoms. The van der Waals surface area contributed by atoms with E-state index >= 15 is 0 Å². The van der Waals surface area contributed by atoms with Gasteiger partial charge in [0.2, 0.25) is 5.91 Å². The molecule has 0 aliphatic carbocycles. The SMILES string of the molecule is CO[C@H]1CCCN(C(=O)C=Cc2c(C)nn(C)c2C)[C@H]1Cc1ccccc1. The average molecular weight is 367 g/mol. The van der Waals surface area contributed by atoms with Gasteiger partial charge in [0.15, 0.2) is 0 Å². The van der Waals surface area contributed by atoms with Crippen molar-refractivity contribution in [2.75, 3.05) is 13.7 Å². The van der Waals surface area contributed by atoms with Crippen LogP contribution in [0.5, 0.6) is 0 Å². The lowest BCUT2D eigenvalue weighted by Crippen LogP contribution is -2.52. The Labute approximate surface area is 161 Å². The Bertz CT molecular complexity index is 810. The third kappa shape index (κ3) is 4.30. The largest absolute Gasteiger partial charge is 0.379 e. The third-order valence-corrected chi connectivity index (χ3v) is 5.55. The molecule has 27 heavy (non-hydrogen) atoms.